The van der Waals surface area contributed by atoms with Crippen molar-refractivity contribution >= 4 is 86.2 Å². The monoisotopic (exact) mass is 1010 g/mol. The fraction of sp³-hybridized carbons (Fsp3) is 0.205. The van der Waals surface area contributed by atoms with Gasteiger partial charge >= 0.3 is 0 Å². The van der Waals surface area contributed by atoms with Gasteiger partial charge in [-0.3, -0.25) is 0 Å². The van der Waals surface area contributed by atoms with Gasteiger partial charge in [0, 0.05) is 0 Å². The van der Waals surface area contributed by atoms with Crippen LogP contribution in [0.4, 0.5) is 0 Å². The van der Waals surface area contributed by atoms with Crippen molar-refractivity contribution in [3.05, 3.63) is 229 Å². The second-order valence-corrected chi connectivity index (χ2v) is 26.6. The Kier molecular flexibility index (Phi) is 11.3. The summed E-state index contributed by atoms with van der Waals surface area (Å²) >= 11 is 0. The van der Waals surface area contributed by atoms with Crippen molar-refractivity contribution in [1.29, 1.82) is 0 Å². The minimum atomic E-state index is -0.0647. The summed E-state index contributed by atoms with van der Waals surface area (Å²) in [6, 6.07) is 81.1. The van der Waals surface area contributed by atoms with E-state index in [4.69, 9.17) is 0 Å². The van der Waals surface area contributed by atoms with Crippen molar-refractivity contribution in [2.75, 3.05) is 0 Å². The van der Waals surface area contributed by atoms with Crippen molar-refractivity contribution in [2.24, 2.45) is 0 Å². The smallest absolute Gasteiger partial charge is 0.00139 e. The average Bonchev–Trinajstić information content (AvgIpc) is 3.63. The third-order valence-electron chi connectivity index (χ3n) is 17.1. The van der Waals surface area contributed by atoms with Crippen molar-refractivity contribution in [2.45, 2.75) is 105 Å². The molecular formula is C78H70. The highest BCUT2D eigenvalue weighted by molar-refractivity contribution is 6.28. The minimum absolute atomic E-state index is 0.0405. The topological polar surface area (TPSA) is 0 Å². The predicted molar refractivity (Wildman–Crippen MR) is 343 cm³/mol. The first-order chi connectivity index (χ1) is 37.2. The second-order valence-electron chi connectivity index (χ2n) is 26.6. The van der Waals surface area contributed by atoms with E-state index in [0.717, 1.165) is 0 Å². The zero-order valence-electron chi connectivity index (χ0n) is 47.6. The lowest BCUT2D eigenvalue weighted by molar-refractivity contribution is 0.568. The Labute approximate surface area is 461 Å². The van der Waals surface area contributed by atoms with Crippen molar-refractivity contribution in [3.8, 4) is 44.5 Å². The highest BCUT2D eigenvalue weighted by atomic mass is 14.3. The van der Waals surface area contributed by atoms with Crippen molar-refractivity contribution in [3.63, 3.8) is 0 Å². The molecule has 0 heteroatoms. The van der Waals surface area contributed by atoms with Crippen LogP contribution in [-0.2, 0) is 21.7 Å². The zero-order chi connectivity index (χ0) is 54.2. The lowest BCUT2D eigenvalue weighted by Gasteiger charge is -2.27. The van der Waals surface area contributed by atoms with Gasteiger partial charge in [-0.25, -0.2) is 0 Å². The molecule has 11 aromatic rings. The van der Waals surface area contributed by atoms with Gasteiger partial charge in [-0.15, -0.1) is 0 Å². The van der Waals surface area contributed by atoms with Crippen LogP contribution in [-0.4, -0.2) is 0 Å². The van der Waals surface area contributed by atoms with Gasteiger partial charge in [-0.1, -0.05) is 265 Å². The molecule has 0 aromatic heterocycles. The molecule has 0 saturated carbocycles. The second kappa shape index (κ2) is 17.7. The molecule has 0 saturated heterocycles. The van der Waals surface area contributed by atoms with Crippen LogP contribution in [0.2, 0.25) is 0 Å². The molecular weight excluding hydrogens is 937 g/mol. The van der Waals surface area contributed by atoms with Crippen LogP contribution in [0.3, 0.4) is 0 Å². The summed E-state index contributed by atoms with van der Waals surface area (Å²) in [5.41, 5.74) is 15.1. The standard InChI is InChI=1S/C78H70/c1-75(2,3)59-37-55(38-60(45-59)76(4,5)6)56-41-69-53-33-25-49(26-34-53)47-21-29-51(30-22-47)67-43-58-44-68(72(67)57-39-61(77(7,8)9)46-62(40-57)78(10,11)12)52-31-23-48(24-32-52)50-27-35-54(36-28-50)70(42-56)74(69)73-65-19-15-13-17-63(65)71(58)64-18-14-16-20-66(64)73/h13-46H,1-12H3. The number of fused-ring (bicyclic) bond motifs is 3. The molecule has 78 heavy (non-hydrogen) atoms. The summed E-state index contributed by atoms with van der Waals surface area (Å²) in [4.78, 5) is 0. The summed E-state index contributed by atoms with van der Waals surface area (Å²) in [5, 5.41) is 19.4. The Morgan fingerprint density at radius 1 is 0.179 bits per heavy atom. The van der Waals surface area contributed by atoms with Crippen LogP contribution in [0.15, 0.2) is 206 Å². The first kappa shape index (κ1) is 49.5. The van der Waals surface area contributed by atoms with Crippen LogP contribution in [0, 0.1) is 0 Å². The molecule has 0 aliphatic heterocycles. The van der Waals surface area contributed by atoms with E-state index in [0.29, 0.717) is 0 Å². The van der Waals surface area contributed by atoms with E-state index in [1.807, 2.05) is 0 Å². The maximum atomic E-state index is 2.53. The normalized spacial score (nSPS) is 12.9. The molecule has 14 bridgehead atoms. The van der Waals surface area contributed by atoms with Crippen LogP contribution >= 0.6 is 0 Å². The summed E-state index contributed by atoms with van der Waals surface area (Å²) in [6.45, 7) is 28.2. The molecule has 0 atom stereocenters. The highest BCUT2D eigenvalue weighted by Crippen LogP contribution is 2.51. The lowest BCUT2D eigenvalue weighted by Crippen LogP contribution is -2.16. The Bertz CT molecular complexity index is 4270. The van der Waals surface area contributed by atoms with Crippen molar-refractivity contribution in [1.82, 2.24) is 0 Å². The summed E-state index contributed by atoms with van der Waals surface area (Å²) in [7, 11) is 0. The van der Waals surface area contributed by atoms with Gasteiger partial charge in [0.2, 0.25) is 0 Å². The van der Waals surface area contributed by atoms with Gasteiger partial charge < -0.3 is 0 Å². The largest absolute Gasteiger partial charge is 0.0616 e. The van der Waals surface area contributed by atoms with Crippen LogP contribution in [0.25, 0.3) is 131 Å². The van der Waals surface area contributed by atoms with E-state index in [1.165, 1.54) is 153 Å². The molecule has 11 aromatic carbocycles. The van der Waals surface area contributed by atoms with Gasteiger partial charge in [0.15, 0.2) is 0 Å². The van der Waals surface area contributed by atoms with E-state index < -0.39 is 0 Å². The molecule has 382 valence electrons. The fourth-order valence-corrected chi connectivity index (χ4v) is 12.5. The number of hydrogen-bond donors (Lipinski definition) is 0. The molecule has 8 aliphatic rings. The predicted octanol–water partition coefficient (Wildman–Crippen LogP) is 22.8. The molecule has 8 aliphatic carbocycles. The summed E-state index contributed by atoms with van der Waals surface area (Å²) < 4.78 is 0. The maximum absolute atomic E-state index is 2.53. The fourth-order valence-electron chi connectivity index (χ4n) is 12.5. The SMILES string of the molecule is CC(C)(C)c1cc(-c2cc3c4c(c2)c2ccc(cc2)c2ccc(cc2)c2cc(cc(c2-c2cc(C(C)(C)C)cc(C(C)(C)C)c2)c2ccc(cc2)c2ccc3cc2)-c2c3ccccc3c-4c3ccccc23)cc(C(C)(C)C)c1. The average molecular weight is 1010 g/mol. The van der Waals surface area contributed by atoms with Crippen LogP contribution < -0.4 is 0 Å². The van der Waals surface area contributed by atoms with E-state index in [1.54, 1.807) is 0 Å². The first-order valence-electron chi connectivity index (χ1n) is 28.2. The van der Waals surface area contributed by atoms with Gasteiger partial charge in [-0.2, -0.15) is 0 Å². The van der Waals surface area contributed by atoms with E-state index in [-0.39, 0.29) is 21.7 Å². The van der Waals surface area contributed by atoms with E-state index in [2.05, 4.69) is 289 Å². The number of rotatable bonds is 2. The van der Waals surface area contributed by atoms with Gasteiger partial charge in [0.25, 0.3) is 0 Å². The maximum Gasteiger partial charge on any atom is -0.00139 e. The first-order valence-corrected chi connectivity index (χ1v) is 28.2. The molecule has 0 spiro atoms. The van der Waals surface area contributed by atoms with Crippen molar-refractivity contribution < 1.29 is 0 Å². The molecule has 0 radical (unpaired) electrons. The summed E-state index contributed by atoms with van der Waals surface area (Å²) in [6.07, 6.45) is 0. The minimum Gasteiger partial charge on any atom is -0.0616 e. The lowest BCUT2D eigenvalue weighted by atomic mass is 9.77. The van der Waals surface area contributed by atoms with Gasteiger partial charge in [0.05, 0.1) is 0 Å². The highest BCUT2D eigenvalue weighted by Gasteiger charge is 2.27. The Hall–Kier alpha value is -8.06. The van der Waals surface area contributed by atoms with Gasteiger partial charge in [0.1, 0.15) is 0 Å². The van der Waals surface area contributed by atoms with Gasteiger partial charge in [-0.05, 0) is 199 Å². The quantitative estimate of drug-likeness (QED) is 0.151. The van der Waals surface area contributed by atoms with E-state index in [9.17, 15) is 0 Å². The molecule has 0 amide bonds. The third-order valence-corrected chi connectivity index (χ3v) is 17.1. The third kappa shape index (κ3) is 8.44. The summed E-state index contributed by atoms with van der Waals surface area (Å²) in [5.74, 6) is 0. The van der Waals surface area contributed by atoms with E-state index >= 15 is 0 Å². The van der Waals surface area contributed by atoms with Crippen LogP contribution in [0.5, 0.6) is 0 Å². The van der Waals surface area contributed by atoms with Crippen LogP contribution in [0.1, 0.15) is 105 Å². The number of hydrogen-bond acceptors (Lipinski definition) is 0. The number of benzene rings is 11. The molecule has 0 nitrogen and oxygen atoms in total. The molecule has 0 unspecified atom stereocenters. The Morgan fingerprint density at radius 3 is 0.692 bits per heavy atom. The molecule has 0 fully saturated rings. The molecule has 0 N–H and O–H groups in total. The Balaban J connectivity index is 1.30. The Morgan fingerprint density at radius 2 is 0.385 bits per heavy atom. The zero-order valence-corrected chi connectivity index (χ0v) is 47.6. The molecule has 0 heterocycles. The molecule has 19 rings (SSSR count).